The third kappa shape index (κ3) is 3.64. The van der Waals surface area contributed by atoms with E-state index in [1.54, 1.807) is 12.3 Å². The molecule has 0 saturated carbocycles. The van der Waals surface area contributed by atoms with Crippen molar-refractivity contribution < 1.29 is 0 Å². The Morgan fingerprint density at radius 2 is 2.16 bits per heavy atom. The van der Waals surface area contributed by atoms with E-state index in [2.05, 4.69) is 27.2 Å². The van der Waals surface area contributed by atoms with Gasteiger partial charge in [0.2, 0.25) is 0 Å². The first kappa shape index (κ1) is 13.3. The molecule has 5 heteroatoms. The molecule has 0 aliphatic carbocycles. The van der Waals surface area contributed by atoms with E-state index in [0.29, 0.717) is 12.4 Å². The van der Waals surface area contributed by atoms with Gasteiger partial charge in [-0.1, -0.05) is 13.0 Å². The number of aryl methyl sites for hydroxylation is 2. The molecular formula is C14H19N5. The zero-order chi connectivity index (χ0) is 13.7. The van der Waals surface area contributed by atoms with Crippen molar-refractivity contribution in [2.75, 3.05) is 11.1 Å². The van der Waals surface area contributed by atoms with Gasteiger partial charge >= 0.3 is 0 Å². The van der Waals surface area contributed by atoms with E-state index >= 15 is 0 Å². The second-order valence-corrected chi connectivity index (χ2v) is 4.46. The van der Waals surface area contributed by atoms with E-state index in [-0.39, 0.29) is 0 Å². The number of aromatic nitrogens is 3. The molecule has 2 heterocycles. The molecule has 0 unspecified atom stereocenters. The summed E-state index contributed by atoms with van der Waals surface area (Å²) in [6, 6.07) is 5.72. The van der Waals surface area contributed by atoms with Crippen LogP contribution in [0.15, 0.2) is 24.4 Å². The molecule has 0 amide bonds. The molecule has 5 nitrogen and oxygen atoms in total. The molecule has 0 saturated heterocycles. The van der Waals surface area contributed by atoms with Crippen molar-refractivity contribution in [3.05, 3.63) is 41.5 Å². The monoisotopic (exact) mass is 257 g/mol. The van der Waals surface area contributed by atoms with Crippen LogP contribution < -0.4 is 11.1 Å². The Morgan fingerprint density at radius 3 is 2.89 bits per heavy atom. The van der Waals surface area contributed by atoms with Crippen molar-refractivity contribution in [1.82, 2.24) is 15.0 Å². The van der Waals surface area contributed by atoms with Crippen LogP contribution >= 0.6 is 0 Å². The minimum Gasteiger partial charge on any atom is -0.384 e. The first-order chi connectivity index (χ1) is 9.19. The molecule has 2 aromatic rings. The lowest BCUT2D eigenvalue weighted by Gasteiger charge is -2.09. The van der Waals surface area contributed by atoms with Gasteiger partial charge < -0.3 is 11.1 Å². The standard InChI is InChI=1S/C14H19N5/c1-3-5-13-18-12(15)8-14(19-13)17-9-11-10(2)6-4-7-16-11/h4,6-8H,3,5,9H2,1-2H3,(H3,15,17,18,19). The summed E-state index contributed by atoms with van der Waals surface area (Å²) in [5, 5.41) is 3.25. The highest BCUT2D eigenvalue weighted by molar-refractivity contribution is 5.45. The Balaban J connectivity index is 2.09. The molecule has 0 atom stereocenters. The van der Waals surface area contributed by atoms with Crippen LogP contribution in [0.1, 0.15) is 30.4 Å². The van der Waals surface area contributed by atoms with Gasteiger partial charge in [0.05, 0.1) is 12.2 Å². The molecule has 3 N–H and O–H groups in total. The SMILES string of the molecule is CCCc1nc(N)cc(NCc2ncccc2C)n1. The molecule has 0 aliphatic rings. The summed E-state index contributed by atoms with van der Waals surface area (Å²) in [5.74, 6) is 2.03. The Labute approximate surface area is 113 Å². The molecule has 2 aromatic heterocycles. The molecule has 0 spiro atoms. The van der Waals surface area contributed by atoms with E-state index < -0.39 is 0 Å². The van der Waals surface area contributed by atoms with Gasteiger partial charge in [0.15, 0.2) is 0 Å². The lowest BCUT2D eigenvalue weighted by molar-refractivity contribution is 0.835. The Hall–Kier alpha value is -2.17. The van der Waals surface area contributed by atoms with Crippen molar-refractivity contribution in [1.29, 1.82) is 0 Å². The molecule has 0 radical (unpaired) electrons. The number of hydrogen-bond donors (Lipinski definition) is 2. The van der Waals surface area contributed by atoms with E-state index in [0.717, 1.165) is 35.7 Å². The summed E-state index contributed by atoms with van der Waals surface area (Å²) in [6.45, 7) is 4.77. The molecule has 0 bridgehead atoms. The lowest BCUT2D eigenvalue weighted by atomic mass is 10.2. The fraction of sp³-hybridized carbons (Fsp3) is 0.357. The number of hydrogen-bond acceptors (Lipinski definition) is 5. The highest BCUT2D eigenvalue weighted by atomic mass is 15.1. The van der Waals surface area contributed by atoms with E-state index in [1.165, 1.54) is 0 Å². The number of rotatable bonds is 5. The van der Waals surface area contributed by atoms with Crippen LogP contribution in [0.5, 0.6) is 0 Å². The van der Waals surface area contributed by atoms with Crippen LogP contribution in [0.2, 0.25) is 0 Å². The van der Waals surface area contributed by atoms with Crippen molar-refractivity contribution in [2.45, 2.75) is 33.2 Å². The highest BCUT2D eigenvalue weighted by Crippen LogP contribution is 2.12. The number of nitrogens with two attached hydrogens (primary N) is 1. The maximum absolute atomic E-state index is 5.78. The van der Waals surface area contributed by atoms with E-state index in [4.69, 9.17) is 5.73 Å². The highest BCUT2D eigenvalue weighted by Gasteiger charge is 2.03. The molecule has 19 heavy (non-hydrogen) atoms. The smallest absolute Gasteiger partial charge is 0.133 e. The number of anilines is 2. The fourth-order valence-corrected chi connectivity index (χ4v) is 1.82. The lowest BCUT2D eigenvalue weighted by Crippen LogP contribution is -2.08. The van der Waals surface area contributed by atoms with Gasteiger partial charge in [-0.2, -0.15) is 0 Å². The first-order valence-electron chi connectivity index (χ1n) is 6.47. The van der Waals surface area contributed by atoms with Crippen molar-refractivity contribution in [2.24, 2.45) is 0 Å². The van der Waals surface area contributed by atoms with Crippen LogP contribution in [0.3, 0.4) is 0 Å². The van der Waals surface area contributed by atoms with Crippen LogP contribution in [0.25, 0.3) is 0 Å². The van der Waals surface area contributed by atoms with Gasteiger partial charge in [0.25, 0.3) is 0 Å². The predicted octanol–water partition coefficient (Wildman–Crippen LogP) is 2.33. The van der Waals surface area contributed by atoms with E-state index in [1.807, 2.05) is 19.1 Å². The quantitative estimate of drug-likeness (QED) is 0.859. The van der Waals surface area contributed by atoms with Crippen LogP contribution in [-0.2, 0) is 13.0 Å². The molecule has 2 rings (SSSR count). The summed E-state index contributed by atoms with van der Waals surface area (Å²) < 4.78 is 0. The Bertz CT molecular complexity index is 553. The largest absolute Gasteiger partial charge is 0.384 e. The minimum atomic E-state index is 0.499. The molecular weight excluding hydrogens is 238 g/mol. The number of nitrogens with zero attached hydrogens (tertiary/aromatic N) is 3. The van der Waals surface area contributed by atoms with Crippen molar-refractivity contribution in [3.8, 4) is 0 Å². The third-order valence-electron chi connectivity index (χ3n) is 2.82. The summed E-state index contributed by atoms with van der Waals surface area (Å²) >= 11 is 0. The van der Waals surface area contributed by atoms with Gasteiger partial charge in [-0.3, -0.25) is 4.98 Å². The first-order valence-corrected chi connectivity index (χ1v) is 6.47. The Kier molecular flexibility index (Phi) is 4.28. The fourth-order valence-electron chi connectivity index (χ4n) is 1.82. The van der Waals surface area contributed by atoms with Crippen LogP contribution in [-0.4, -0.2) is 15.0 Å². The maximum atomic E-state index is 5.78. The molecule has 100 valence electrons. The summed E-state index contributed by atoms with van der Waals surface area (Å²) in [4.78, 5) is 13.0. The van der Waals surface area contributed by atoms with Gasteiger partial charge in [-0.25, -0.2) is 9.97 Å². The molecule has 0 fully saturated rings. The predicted molar refractivity (Wildman–Crippen MR) is 76.7 cm³/mol. The molecule has 0 aliphatic heterocycles. The summed E-state index contributed by atoms with van der Waals surface area (Å²) in [7, 11) is 0. The topological polar surface area (TPSA) is 76.7 Å². The average Bonchev–Trinajstić information content (AvgIpc) is 2.37. The second-order valence-electron chi connectivity index (χ2n) is 4.46. The third-order valence-corrected chi connectivity index (χ3v) is 2.82. The minimum absolute atomic E-state index is 0.499. The van der Waals surface area contributed by atoms with Gasteiger partial charge in [0.1, 0.15) is 17.5 Å². The zero-order valence-corrected chi connectivity index (χ0v) is 11.3. The van der Waals surface area contributed by atoms with Crippen molar-refractivity contribution in [3.63, 3.8) is 0 Å². The summed E-state index contributed by atoms with van der Waals surface area (Å²) in [5.41, 5.74) is 7.95. The van der Waals surface area contributed by atoms with E-state index in [9.17, 15) is 0 Å². The number of nitrogen functional groups attached to an aromatic ring is 1. The summed E-state index contributed by atoms with van der Waals surface area (Å²) in [6.07, 6.45) is 3.63. The number of pyridine rings is 1. The number of nitrogens with one attached hydrogen (secondary N) is 1. The van der Waals surface area contributed by atoms with Gasteiger partial charge in [-0.15, -0.1) is 0 Å². The zero-order valence-electron chi connectivity index (χ0n) is 11.3. The average molecular weight is 257 g/mol. The van der Waals surface area contributed by atoms with Gasteiger partial charge in [-0.05, 0) is 25.0 Å². The normalized spacial score (nSPS) is 10.4. The van der Waals surface area contributed by atoms with Crippen LogP contribution in [0.4, 0.5) is 11.6 Å². The van der Waals surface area contributed by atoms with Crippen molar-refractivity contribution >= 4 is 11.6 Å². The Morgan fingerprint density at radius 1 is 1.32 bits per heavy atom. The van der Waals surface area contributed by atoms with Crippen LogP contribution in [0, 0.1) is 6.92 Å². The second kappa shape index (κ2) is 6.13. The van der Waals surface area contributed by atoms with Gasteiger partial charge in [0, 0.05) is 18.7 Å². The molecule has 0 aromatic carbocycles. The maximum Gasteiger partial charge on any atom is 0.133 e.